The number of amides is 2. The van der Waals surface area contributed by atoms with E-state index in [2.05, 4.69) is 15.6 Å². The fourth-order valence-corrected chi connectivity index (χ4v) is 4.16. The third-order valence-electron chi connectivity index (χ3n) is 5.16. The molecule has 34 heavy (non-hydrogen) atoms. The maximum Gasteiger partial charge on any atom is 0.341 e. The molecule has 0 atom stereocenters. The molecule has 0 saturated heterocycles. The molecule has 3 aromatic rings. The second-order valence-electron chi connectivity index (χ2n) is 7.85. The standard InChI is InChI=1S/C26H27N3O4S/c1-16-8-5-9-17(2)23(16)28-21(30)14-33-26(32)20-12-7-13-27-25(20)34-15-22(31)29-24-18(3)10-6-11-19(24)4/h5-13H,14-15H2,1-4H3,(H,28,30)(H,29,31). The van der Waals surface area contributed by atoms with Gasteiger partial charge in [-0.2, -0.15) is 0 Å². The summed E-state index contributed by atoms with van der Waals surface area (Å²) in [7, 11) is 0. The third kappa shape index (κ3) is 6.45. The molecular weight excluding hydrogens is 450 g/mol. The Hall–Kier alpha value is -3.65. The number of thioether (sulfide) groups is 1. The number of rotatable bonds is 8. The number of benzene rings is 2. The molecule has 7 nitrogen and oxygen atoms in total. The number of nitrogens with one attached hydrogen (secondary N) is 2. The minimum atomic E-state index is -0.678. The van der Waals surface area contributed by atoms with Gasteiger partial charge in [0.2, 0.25) is 5.91 Å². The summed E-state index contributed by atoms with van der Waals surface area (Å²) in [5, 5.41) is 6.06. The third-order valence-corrected chi connectivity index (χ3v) is 6.16. The highest BCUT2D eigenvalue weighted by atomic mass is 32.2. The van der Waals surface area contributed by atoms with E-state index in [9.17, 15) is 14.4 Å². The van der Waals surface area contributed by atoms with Crippen LogP contribution in [0.2, 0.25) is 0 Å². The van der Waals surface area contributed by atoms with Crippen molar-refractivity contribution in [3.63, 3.8) is 0 Å². The van der Waals surface area contributed by atoms with E-state index in [1.54, 1.807) is 12.1 Å². The van der Waals surface area contributed by atoms with Gasteiger partial charge in [-0.25, -0.2) is 9.78 Å². The average Bonchev–Trinajstić information content (AvgIpc) is 2.81. The number of hydrogen-bond donors (Lipinski definition) is 2. The van der Waals surface area contributed by atoms with Crippen molar-refractivity contribution in [3.05, 3.63) is 82.5 Å². The number of carbonyl (C=O) groups excluding carboxylic acids is 3. The SMILES string of the molecule is Cc1cccc(C)c1NC(=O)COC(=O)c1cccnc1SCC(=O)Nc1c(C)cccc1C. The summed E-state index contributed by atoms with van der Waals surface area (Å²) in [5.74, 6) is -1.25. The van der Waals surface area contributed by atoms with E-state index in [1.807, 2.05) is 64.1 Å². The number of esters is 1. The van der Waals surface area contributed by atoms with Gasteiger partial charge in [0, 0.05) is 17.6 Å². The Labute approximate surface area is 203 Å². The molecule has 0 radical (unpaired) electrons. The second-order valence-corrected chi connectivity index (χ2v) is 8.81. The molecule has 0 spiro atoms. The lowest BCUT2D eigenvalue weighted by Gasteiger charge is -2.13. The van der Waals surface area contributed by atoms with Crippen molar-refractivity contribution >= 4 is 40.9 Å². The van der Waals surface area contributed by atoms with Gasteiger partial charge in [0.15, 0.2) is 6.61 Å². The smallest absolute Gasteiger partial charge is 0.341 e. The molecule has 0 saturated carbocycles. The van der Waals surface area contributed by atoms with Crippen molar-refractivity contribution in [1.29, 1.82) is 0 Å². The fourth-order valence-electron chi connectivity index (χ4n) is 3.38. The van der Waals surface area contributed by atoms with Crippen molar-refractivity contribution < 1.29 is 19.1 Å². The Morgan fingerprint density at radius 2 is 1.32 bits per heavy atom. The highest BCUT2D eigenvalue weighted by Crippen LogP contribution is 2.23. The van der Waals surface area contributed by atoms with Crippen molar-refractivity contribution in [2.45, 2.75) is 32.7 Å². The van der Waals surface area contributed by atoms with E-state index in [0.717, 1.165) is 39.7 Å². The number of nitrogens with zero attached hydrogens (tertiary/aromatic N) is 1. The van der Waals surface area contributed by atoms with Crippen molar-refractivity contribution in [2.75, 3.05) is 23.0 Å². The fraction of sp³-hybridized carbons (Fsp3) is 0.231. The first-order valence-corrected chi connectivity index (χ1v) is 11.7. The maximum absolute atomic E-state index is 12.6. The highest BCUT2D eigenvalue weighted by Gasteiger charge is 2.18. The normalized spacial score (nSPS) is 10.5. The molecule has 0 fully saturated rings. The Kier molecular flexibility index (Phi) is 8.43. The predicted octanol–water partition coefficient (Wildman–Crippen LogP) is 4.84. The molecular formula is C26H27N3O4S. The summed E-state index contributed by atoms with van der Waals surface area (Å²) >= 11 is 1.13. The minimum absolute atomic E-state index is 0.0676. The van der Waals surface area contributed by atoms with Gasteiger partial charge < -0.3 is 15.4 Å². The van der Waals surface area contributed by atoms with Crippen LogP contribution in [0.25, 0.3) is 0 Å². The lowest BCUT2D eigenvalue weighted by atomic mass is 10.1. The first-order chi connectivity index (χ1) is 16.3. The second kappa shape index (κ2) is 11.5. The molecule has 8 heteroatoms. The van der Waals surface area contributed by atoms with Crippen molar-refractivity contribution in [3.8, 4) is 0 Å². The maximum atomic E-state index is 12.6. The molecule has 0 aliphatic carbocycles. The number of aryl methyl sites for hydroxylation is 4. The summed E-state index contributed by atoms with van der Waals surface area (Å²) < 4.78 is 5.21. The lowest BCUT2D eigenvalue weighted by Crippen LogP contribution is -2.22. The van der Waals surface area contributed by atoms with Crippen LogP contribution in [0.1, 0.15) is 32.6 Å². The number of carbonyl (C=O) groups is 3. The summed E-state index contributed by atoms with van der Waals surface area (Å²) in [4.78, 5) is 41.6. The highest BCUT2D eigenvalue weighted by molar-refractivity contribution is 8.00. The molecule has 2 N–H and O–H groups in total. The topological polar surface area (TPSA) is 97.4 Å². The number of hydrogen-bond acceptors (Lipinski definition) is 6. The minimum Gasteiger partial charge on any atom is -0.452 e. The molecule has 0 aliphatic rings. The summed E-state index contributed by atoms with van der Waals surface area (Å²) in [6, 6.07) is 14.7. The zero-order valence-corrected chi connectivity index (χ0v) is 20.4. The van der Waals surface area contributed by atoms with Crippen molar-refractivity contribution in [2.24, 2.45) is 0 Å². The Morgan fingerprint density at radius 1 is 0.794 bits per heavy atom. The monoisotopic (exact) mass is 477 g/mol. The first kappa shape index (κ1) is 25.0. The van der Waals surface area contributed by atoms with E-state index in [-0.39, 0.29) is 17.2 Å². The predicted molar refractivity (Wildman–Crippen MR) is 134 cm³/mol. The zero-order chi connectivity index (χ0) is 24.7. The van der Waals surface area contributed by atoms with Crippen LogP contribution in [0.15, 0.2) is 59.8 Å². The molecule has 176 valence electrons. The van der Waals surface area contributed by atoms with Gasteiger partial charge >= 0.3 is 5.97 Å². The van der Waals surface area contributed by atoms with Crippen LogP contribution in [0.3, 0.4) is 0 Å². The first-order valence-electron chi connectivity index (χ1n) is 10.7. The number of ether oxygens (including phenoxy) is 1. The van der Waals surface area contributed by atoms with Crippen LogP contribution in [0.4, 0.5) is 11.4 Å². The van der Waals surface area contributed by atoms with Crippen LogP contribution in [0, 0.1) is 27.7 Å². The average molecular weight is 478 g/mol. The number of anilines is 2. The molecule has 1 aromatic heterocycles. The number of aromatic nitrogens is 1. The summed E-state index contributed by atoms with van der Waals surface area (Å²) in [5.41, 5.74) is 5.47. The van der Waals surface area contributed by atoms with Gasteiger partial charge in [-0.1, -0.05) is 48.2 Å². The van der Waals surface area contributed by atoms with E-state index < -0.39 is 18.5 Å². The Bertz CT molecular complexity index is 1190. The van der Waals surface area contributed by atoms with Crippen LogP contribution in [-0.4, -0.2) is 35.1 Å². The van der Waals surface area contributed by atoms with Crippen LogP contribution in [0.5, 0.6) is 0 Å². The number of para-hydroxylation sites is 2. The van der Waals surface area contributed by atoms with Gasteiger partial charge in [-0.05, 0) is 62.1 Å². The van der Waals surface area contributed by atoms with Gasteiger partial charge in [-0.3, -0.25) is 9.59 Å². The summed E-state index contributed by atoms with van der Waals surface area (Å²) in [6.45, 7) is 7.21. The molecule has 0 aliphatic heterocycles. The largest absolute Gasteiger partial charge is 0.452 e. The van der Waals surface area contributed by atoms with Crippen LogP contribution in [-0.2, 0) is 14.3 Å². The van der Waals surface area contributed by atoms with E-state index in [0.29, 0.717) is 10.7 Å². The Morgan fingerprint density at radius 3 is 1.88 bits per heavy atom. The lowest BCUT2D eigenvalue weighted by molar-refractivity contribution is -0.119. The molecule has 2 amide bonds. The van der Waals surface area contributed by atoms with Gasteiger partial charge in [0.25, 0.3) is 5.91 Å². The Balaban J connectivity index is 1.58. The van der Waals surface area contributed by atoms with Crippen molar-refractivity contribution in [1.82, 2.24) is 4.98 Å². The van der Waals surface area contributed by atoms with E-state index >= 15 is 0 Å². The van der Waals surface area contributed by atoms with Crippen LogP contribution >= 0.6 is 11.8 Å². The van der Waals surface area contributed by atoms with Gasteiger partial charge in [0.1, 0.15) is 5.03 Å². The van der Waals surface area contributed by atoms with E-state index in [4.69, 9.17) is 4.74 Å². The molecule has 0 unspecified atom stereocenters. The number of pyridine rings is 1. The molecule has 3 rings (SSSR count). The van der Waals surface area contributed by atoms with Crippen LogP contribution < -0.4 is 10.6 Å². The molecule has 2 aromatic carbocycles. The quantitative estimate of drug-likeness (QED) is 0.356. The van der Waals surface area contributed by atoms with E-state index in [1.165, 1.54) is 6.20 Å². The molecule has 0 bridgehead atoms. The van der Waals surface area contributed by atoms with Gasteiger partial charge in [0.05, 0.1) is 11.3 Å². The summed E-state index contributed by atoms with van der Waals surface area (Å²) in [6.07, 6.45) is 1.54. The molecule has 1 heterocycles. The zero-order valence-electron chi connectivity index (χ0n) is 19.6. The van der Waals surface area contributed by atoms with Gasteiger partial charge in [-0.15, -0.1) is 0 Å².